The van der Waals surface area contributed by atoms with Gasteiger partial charge in [-0.25, -0.2) is 0 Å². The van der Waals surface area contributed by atoms with Crippen LogP contribution in [0, 0.1) is 17.8 Å². The molecule has 0 aliphatic carbocycles. The van der Waals surface area contributed by atoms with E-state index in [2.05, 4.69) is 33.0 Å². The smallest absolute Gasteiger partial charge is 0.245 e. The lowest BCUT2D eigenvalue weighted by Crippen LogP contribution is -2.63. The van der Waals surface area contributed by atoms with Gasteiger partial charge in [-0.3, -0.25) is 14.4 Å². The summed E-state index contributed by atoms with van der Waals surface area (Å²) in [6.07, 6.45) is 3.83. The van der Waals surface area contributed by atoms with Gasteiger partial charge in [0, 0.05) is 32.1 Å². The van der Waals surface area contributed by atoms with Crippen LogP contribution in [0.2, 0.25) is 0 Å². The van der Waals surface area contributed by atoms with E-state index >= 15 is 0 Å². The molecule has 2 fully saturated rings. The minimum absolute atomic E-state index is 0.0160. The van der Waals surface area contributed by atoms with Crippen LogP contribution >= 0.6 is 0 Å². The molecule has 3 atom stereocenters. The minimum Gasteiger partial charge on any atom is -0.370 e. The van der Waals surface area contributed by atoms with Gasteiger partial charge in [0.1, 0.15) is 6.04 Å². The second-order valence-corrected chi connectivity index (χ2v) is 9.02. The van der Waals surface area contributed by atoms with Crippen molar-refractivity contribution < 1.29 is 14.4 Å². The predicted octanol–water partition coefficient (Wildman–Crippen LogP) is 1.36. The zero-order chi connectivity index (χ0) is 20.8. The van der Waals surface area contributed by atoms with Gasteiger partial charge in [0.15, 0.2) is 0 Å². The fourth-order valence-corrected chi connectivity index (χ4v) is 4.47. The van der Waals surface area contributed by atoms with Crippen molar-refractivity contribution in [2.75, 3.05) is 26.2 Å². The highest BCUT2D eigenvalue weighted by molar-refractivity contribution is 5.89. The molecule has 7 heteroatoms. The van der Waals surface area contributed by atoms with E-state index in [9.17, 15) is 14.4 Å². The third-order valence-electron chi connectivity index (χ3n) is 6.22. The molecule has 0 aromatic rings. The van der Waals surface area contributed by atoms with Gasteiger partial charge in [-0.1, -0.05) is 34.1 Å². The third-order valence-corrected chi connectivity index (χ3v) is 6.22. The van der Waals surface area contributed by atoms with E-state index in [1.54, 1.807) is 0 Å². The van der Waals surface area contributed by atoms with Gasteiger partial charge >= 0.3 is 0 Å². The summed E-state index contributed by atoms with van der Waals surface area (Å²) in [4.78, 5) is 41.0. The molecule has 2 aliphatic heterocycles. The molecule has 2 heterocycles. The highest BCUT2D eigenvalue weighted by Crippen LogP contribution is 2.25. The van der Waals surface area contributed by atoms with Gasteiger partial charge in [0.2, 0.25) is 17.7 Å². The number of piperidine rings is 1. The SMILES string of the molecule is CC[C@H](C)[C@@H](C(=O)N1CCC(CC(N)=O)CC1)N1CC(CC(C)C)NCC1=O. The molecule has 2 rings (SSSR count). The second-order valence-electron chi connectivity index (χ2n) is 9.02. The highest BCUT2D eigenvalue weighted by atomic mass is 16.2. The Labute approximate surface area is 169 Å². The van der Waals surface area contributed by atoms with Crippen LogP contribution in [-0.2, 0) is 14.4 Å². The summed E-state index contributed by atoms with van der Waals surface area (Å²) >= 11 is 0. The zero-order valence-electron chi connectivity index (χ0n) is 17.9. The van der Waals surface area contributed by atoms with E-state index in [1.807, 2.05) is 9.80 Å². The fourth-order valence-electron chi connectivity index (χ4n) is 4.47. The maximum absolute atomic E-state index is 13.4. The number of hydrogen-bond donors (Lipinski definition) is 2. The maximum Gasteiger partial charge on any atom is 0.245 e. The van der Waals surface area contributed by atoms with E-state index in [4.69, 9.17) is 5.73 Å². The standard InChI is InChI=1S/C21H38N4O3/c1-5-15(4)20(25-13-17(10-14(2)3)23-12-19(25)27)21(28)24-8-6-16(7-9-24)11-18(22)26/h14-17,20,23H,5-13H2,1-4H3,(H2,22,26)/t15-,17?,20-/m0/s1. The van der Waals surface area contributed by atoms with Gasteiger partial charge < -0.3 is 20.9 Å². The van der Waals surface area contributed by atoms with Crippen molar-refractivity contribution in [3.8, 4) is 0 Å². The molecule has 160 valence electrons. The first kappa shape index (κ1) is 22.7. The summed E-state index contributed by atoms with van der Waals surface area (Å²) in [5, 5.41) is 3.32. The highest BCUT2D eigenvalue weighted by Gasteiger charge is 2.40. The number of primary amides is 1. The van der Waals surface area contributed by atoms with Crippen LogP contribution in [0.25, 0.3) is 0 Å². The average molecular weight is 395 g/mol. The number of nitrogens with zero attached hydrogens (tertiary/aromatic N) is 2. The second kappa shape index (κ2) is 10.2. The van der Waals surface area contributed by atoms with Gasteiger partial charge in [-0.05, 0) is 37.0 Å². The molecule has 3 N–H and O–H groups in total. The number of likely N-dealkylation sites (tertiary alicyclic amines) is 1. The van der Waals surface area contributed by atoms with Crippen molar-refractivity contribution in [3.63, 3.8) is 0 Å². The van der Waals surface area contributed by atoms with E-state index in [0.717, 1.165) is 25.7 Å². The monoisotopic (exact) mass is 394 g/mol. The molecule has 2 saturated heterocycles. The number of hydrogen-bond acceptors (Lipinski definition) is 4. The molecule has 3 amide bonds. The molecular weight excluding hydrogens is 356 g/mol. The largest absolute Gasteiger partial charge is 0.370 e. The summed E-state index contributed by atoms with van der Waals surface area (Å²) in [6, 6.07) is -0.166. The maximum atomic E-state index is 13.4. The van der Waals surface area contributed by atoms with Crippen LogP contribution in [0.3, 0.4) is 0 Å². The third kappa shape index (κ3) is 5.93. The summed E-state index contributed by atoms with van der Waals surface area (Å²) in [6.45, 7) is 10.7. The summed E-state index contributed by atoms with van der Waals surface area (Å²) < 4.78 is 0. The number of piperazine rings is 1. The Kier molecular flexibility index (Phi) is 8.28. The van der Waals surface area contributed by atoms with Crippen LogP contribution in [0.15, 0.2) is 0 Å². The lowest BCUT2D eigenvalue weighted by Gasteiger charge is -2.43. The molecule has 28 heavy (non-hydrogen) atoms. The number of nitrogens with one attached hydrogen (secondary N) is 1. The summed E-state index contributed by atoms with van der Waals surface area (Å²) in [5.41, 5.74) is 5.31. The number of amides is 3. The molecule has 0 aromatic heterocycles. The Hall–Kier alpha value is -1.63. The van der Waals surface area contributed by atoms with Crippen molar-refractivity contribution in [1.29, 1.82) is 0 Å². The number of nitrogens with two attached hydrogens (primary N) is 1. The molecule has 0 bridgehead atoms. The zero-order valence-corrected chi connectivity index (χ0v) is 17.9. The van der Waals surface area contributed by atoms with Crippen molar-refractivity contribution in [2.45, 2.75) is 71.9 Å². The Morgan fingerprint density at radius 1 is 1.21 bits per heavy atom. The van der Waals surface area contributed by atoms with Crippen LogP contribution in [0.4, 0.5) is 0 Å². The number of rotatable bonds is 8. The van der Waals surface area contributed by atoms with E-state index < -0.39 is 6.04 Å². The van der Waals surface area contributed by atoms with Crippen LogP contribution in [0.1, 0.15) is 59.8 Å². The molecule has 2 aliphatic rings. The number of carbonyl (C=O) groups excluding carboxylic acids is 3. The fraction of sp³-hybridized carbons (Fsp3) is 0.857. The van der Waals surface area contributed by atoms with Crippen LogP contribution < -0.4 is 11.1 Å². The quantitative estimate of drug-likeness (QED) is 0.650. The Balaban J connectivity index is 2.08. The molecular formula is C21H38N4O3. The molecule has 0 saturated carbocycles. The van der Waals surface area contributed by atoms with Crippen molar-refractivity contribution in [1.82, 2.24) is 15.1 Å². The Morgan fingerprint density at radius 3 is 2.39 bits per heavy atom. The van der Waals surface area contributed by atoms with Gasteiger partial charge in [-0.2, -0.15) is 0 Å². The molecule has 1 unspecified atom stereocenters. The van der Waals surface area contributed by atoms with E-state index in [0.29, 0.717) is 38.5 Å². The first-order valence-corrected chi connectivity index (χ1v) is 10.8. The van der Waals surface area contributed by atoms with Gasteiger partial charge in [0.25, 0.3) is 0 Å². The van der Waals surface area contributed by atoms with Crippen LogP contribution in [-0.4, -0.2) is 65.8 Å². The molecule has 0 spiro atoms. The molecule has 0 radical (unpaired) electrons. The molecule has 0 aromatic carbocycles. The van der Waals surface area contributed by atoms with Gasteiger partial charge in [-0.15, -0.1) is 0 Å². The minimum atomic E-state index is -0.401. The molecule has 7 nitrogen and oxygen atoms in total. The Morgan fingerprint density at radius 2 is 1.86 bits per heavy atom. The van der Waals surface area contributed by atoms with Crippen molar-refractivity contribution >= 4 is 17.7 Å². The predicted molar refractivity (Wildman–Crippen MR) is 109 cm³/mol. The van der Waals surface area contributed by atoms with Crippen molar-refractivity contribution in [3.05, 3.63) is 0 Å². The lowest BCUT2D eigenvalue weighted by atomic mass is 9.90. The van der Waals surface area contributed by atoms with E-state index in [-0.39, 0.29) is 35.6 Å². The average Bonchev–Trinajstić information content (AvgIpc) is 2.63. The van der Waals surface area contributed by atoms with Crippen LogP contribution in [0.5, 0.6) is 0 Å². The summed E-state index contributed by atoms with van der Waals surface area (Å²) in [5.74, 6) is 0.713. The lowest BCUT2D eigenvalue weighted by molar-refractivity contribution is -0.150. The number of carbonyl (C=O) groups is 3. The normalized spacial score (nSPS) is 23.8. The van der Waals surface area contributed by atoms with Gasteiger partial charge in [0.05, 0.1) is 6.54 Å². The first-order valence-electron chi connectivity index (χ1n) is 10.8. The van der Waals surface area contributed by atoms with Crippen molar-refractivity contribution in [2.24, 2.45) is 23.5 Å². The summed E-state index contributed by atoms with van der Waals surface area (Å²) in [7, 11) is 0. The first-order chi connectivity index (χ1) is 13.2. The topological polar surface area (TPSA) is 95.7 Å². The van der Waals surface area contributed by atoms with E-state index in [1.165, 1.54) is 0 Å². The Bertz CT molecular complexity index is 558.